The highest BCUT2D eigenvalue weighted by molar-refractivity contribution is 5.96. The molecule has 0 spiro atoms. The van der Waals surface area contributed by atoms with Gasteiger partial charge in [0.2, 0.25) is 0 Å². The Balaban J connectivity index is 1.73. The van der Waals surface area contributed by atoms with Crippen LogP contribution in [0.3, 0.4) is 0 Å². The fourth-order valence-electron chi connectivity index (χ4n) is 3.14. The van der Waals surface area contributed by atoms with Crippen molar-refractivity contribution in [2.45, 2.75) is 6.92 Å². The van der Waals surface area contributed by atoms with Gasteiger partial charge in [0.25, 0.3) is 5.91 Å². The summed E-state index contributed by atoms with van der Waals surface area (Å²) in [5.41, 5.74) is 0.613. The van der Waals surface area contributed by atoms with E-state index in [1.165, 1.54) is 4.90 Å². The van der Waals surface area contributed by atoms with Gasteiger partial charge in [-0.05, 0) is 31.2 Å². The molecule has 2 aromatic carbocycles. The number of hydrogen-bond acceptors (Lipinski definition) is 4. The summed E-state index contributed by atoms with van der Waals surface area (Å²) in [5, 5.41) is 0. The minimum Gasteiger partial charge on any atom is -0.462 e. The van der Waals surface area contributed by atoms with E-state index < -0.39 is 34.9 Å². The van der Waals surface area contributed by atoms with Gasteiger partial charge in [0.1, 0.15) is 0 Å². The van der Waals surface area contributed by atoms with Gasteiger partial charge in [-0.15, -0.1) is 0 Å². The molecule has 0 radical (unpaired) electrons. The smallest absolute Gasteiger partial charge is 0.340 e. The van der Waals surface area contributed by atoms with Crippen molar-refractivity contribution >= 4 is 17.6 Å². The van der Waals surface area contributed by atoms with Crippen molar-refractivity contribution in [2.75, 3.05) is 37.7 Å². The Bertz CT molecular complexity index is 896. The molecule has 0 saturated carbocycles. The van der Waals surface area contributed by atoms with Crippen LogP contribution in [0.4, 0.5) is 18.9 Å². The molecule has 5 nitrogen and oxygen atoms in total. The maximum atomic E-state index is 13.9. The first kappa shape index (κ1) is 19.7. The minimum absolute atomic E-state index is 0.244. The van der Waals surface area contributed by atoms with Gasteiger partial charge < -0.3 is 14.5 Å². The maximum Gasteiger partial charge on any atom is 0.340 e. The monoisotopic (exact) mass is 392 g/mol. The maximum absolute atomic E-state index is 13.9. The number of rotatable bonds is 4. The first-order valence-corrected chi connectivity index (χ1v) is 8.88. The number of esters is 1. The third-order valence-corrected chi connectivity index (χ3v) is 4.57. The Morgan fingerprint density at radius 3 is 2.29 bits per heavy atom. The Labute approximate surface area is 160 Å². The third kappa shape index (κ3) is 3.81. The molecule has 1 saturated heterocycles. The zero-order valence-corrected chi connectivity index (χ0v) is 15.3. The van der Waals surface area contributed by atoms with Gasteiger partial charge in [0.05, 0.1) is 23.4 Å². The van der Waals surface area contributed by atoms with Gasteiger partial charge in [-0.2, -0.15) is 0 Å². The highest BCUT2D eigenvalue weighted by Crippen LogP contribution is 2.24. The molecule has 1 fully saturated rings. The normalized spacial score (nSPS) is 14.1. The van der Waals surface area contributed by atoms with E-state index in [-0.39, 0.29) is 19.7 Å². The predicted molar refractivity (Wildman–Crippen MR) is 96.8 cm³/mol. The van der Waals surface area contributed by atoms with Gasteiger partial charge >= 0.3 is 5.97 Å². The van der Waals surface area contributed by atoms with Gasteiger partial charge in [-0.25, -0.2) is 18.0 Å². The Hall–Kier alpha value is -3.03. The van der Waals surface area contributed by atoms with Crippen LogP contribution < -0.4 is 4.90 Å². The molecule has 1 aliphatic rings. The fourth-order valence-corrected chi connectivity index (χ4v) is 3.14. The van der Waals surface area contributed by atoms with Crippen LogP contribution in [-0.2, 0) is 4.74 Å². The number of piperazine rings is 1. The zero-order valence-electron chi connectivity index (χ0n) is 15.3. The predicted octanol–water partition coefficient (Wildman–Crippen LogP) is 3.24. The van der Waals surface area contributed by atoms with Gasteiger partial charge in [0, 0.05) is 26.2 Å². The number of ether oxygens (including phenoxy) is 1. The van der Waals surface area contributed by atoms with Gasteiger partial charge in [-0.3, -0.25) is 4.79 Å². The van der Waals surface area contributed by atoms with Crippen LogP contribution in [0.25, 0.3) is 0 Å². The van der Waals surface area contributed by atoms with Crippen LogP contribution in [0.1, 0.15) is 27.6 Å². The van der Waals surface area contributed by atoms with E-state index in [4.69, 9.17) is 4.74 Å². The average molecular weight is 392 g/mol. The first-order chi connectivity index (χ1) is 13.4. The second-order valence-corrected chi connectivity index (χ2v) is 6.24. The number of nitrogens with zero attached hydrogens (tertiary/aromatic N) is 2. The quantitative estimate of drug-likeness (QED) is 0.592. The molecule has 0 N–H and O–H groups in total. The van der Waals surface area contributed by atoms with Crippen molar-refractivity contribution in [2.24, 2.45) is 0 Å². The summed E-state index contributed by atoms with van der Waals surface area (Å²) >= 11 is 0. The fraction of sp³-hybridized carbons (Fsp3) is 0.300. The number of anilines is 1. The van der Waals surface area contributed by atoms with Gasteiger partial charge in [0.15, 0.2) is 17.5 Å². The van der Waals surface area contributed by atoms with Crippen LogP contribution in [0.2, 0.25) is 0 Å². The van der Waals surface area contributed by atoms with Crippen molar-refractivity contribution in [3.8, 4) is 0 Å². The van der Waals surface area contributed by atoms with Crippen molar-refractivity contribution in [1.82, 2.24) is 4.90 Å². The summed E-state index contributed by atoms with van der Waals surface area (Å²) < 4.78 is 45.5. The molecular formula is C20H19F3N2O3. The lowest BCUT2D eigenvalue weighted by Gasteiger charge is -2.36. The van der Waals surface area contributed by atoms with Crippen molar-refractivity contribution < 1.29 is 27.5 Å². The van der Waals surface area contributed by atoms with Crippen molar-refractivity contribution in [3.63, 3.8) is 0 Å². The van der Waals surface area contributed by atoms with E-state index in [0.29, 0.717) is 24.3 Å². The van der Waals surface area contributed by atoms with E-state index >= 15 is 0 Å². The van der Waals surface area contributed by atoms with Crippen molar-refractivity contribution in [1.29, 1.82) is 0 Å². The number of carbonyl (C=O) groups is 2. The third-order valence-electron chi connectivity index (χ3n) is 4.57. The van der Waals surface area contributed by atoms with Crippen LogP contribution >= 0.6 is 0 Å². The number of para-hydroxylation sites is 1. The summed E-state index contributed by atoms with van der Waals surface area (Å²) in [5.74, 6) is -5.61. The van der Waals surface area contributed by atoms with E-state index in [1.807, 2.05) is 4.90 Å². The van der Waals surface area contributed by atoms with Crippen molar-refractivity contribution in [3.05, 3.63) is 65.0 Å². The average Bonchev–Trinajstić information content (AvgIpc) is 2.72. The van der Waals surface area contributed by atoms with Crippen LogP contribution in [0.5, 0.6) is 0 Å². The lowest BCUT2D eigenvalue weighted by atomic mass is 10.1. The summed E-state index contributed by atoms with van der Waals surface area (Å²) in [6.07, 6.45) is 0. The van der Waals surface area contributed by atoms with Crippen LogP contribution in [0.15, 0.2) is 36.4 Å². The number of halogens is 3. The Morgan fingerprint density at radius 1 is 0.929 bits per heavy atom. The molecular weight excluding hydrogens is 373 g/mol. The van der Waals surface area contributed by atoms with Gasteiger partial charge in [-0.1, -0.05) is 12.1 Å². The molecule has 0 unspecified atom stereocenters. The SMILES string of the molecule is CCOC(=O)c1ccccc1N1CCN(C(=O)c2ccc(F)c(F)c2F)CC1. The molecule has 148 valence electrons. The number of amides is 1. The minimum atomic E-state index is -1.66. The molecule has 3 rings (SSSR count). The highest BCUT2D eigenvalue weighted by atomic mass is 19.2. The lowest BCUT2D eigenvalue weighted by molar-refractivity contribution is 0.0526. The van der Waals surface area contributed by atoms with E-state index in [0.717, 1.165) is 12.1 Å². The second kappa shape index (κ2) is 8.33. The summed E-state index contributed by atoms with van der Waals surface area (Å²) in [7, 11) is 0. The second-order valence-electron chi connectivity index (χ2n) is 6.24. The van der Waals surface area contributed by atoms with E-state index in [2.05, 4.69) is 0 Å². The topological polar surface area (TPSA) is 49.9 Å². The summed E-state index contributed by atoms with van der Waals surface area (Å²) in [6, 6.07) is 8.67. The first-order valence-electron chi connectivity index (χ1n) is 8.88. The molecule has 0 aromatic heterocycles. The lowest BCUT2D eigenvalue weighted by Crippen LogP contribution is -2.49. The summed E-state index contributed by atoms with van der Waals surface area (Å²) in [4.78, 5) is 27.9. The molecule has 1 aliphatic heterocycles. The molecule has 1 heterocycles. The zero-order chi connectivity index (χ0) is 20.3. The Kier molecular flexibility index (Phi) is 5.87. The summed E-state index contributed by atoms with van der Waals surface area (Å²) in [6.45, 7) is 3.27. The standard InChI is InChI=1S/C20H19F3N2O3/c1-2-28-20(27)13-5-3-4-6-16(13)24-9-11-25(12-10-24)19(26)14-7-8-15(21)18(23)17(14)22/h3-8H,2,9-12H2,1H3. The molecule has 0 aliphatic carbocycles. The Morgan fingerprint density at radius 2 is 1.61 bits per heavy atom. The molecule has 0 atom stereocenters. The molecule has 8 heteroatoms. The molecule has 0 bridgehead atoms. The molecule has 2 aromatic rings. The number of benzene rings is 2. The van der Waals surface area contributed by atoms with Crippen LogP contribution in [0, 0.1) is 17.5 Å². The number of hydrogen-bond donors (Lipinski definition) is 0. The number of carbonyl (C=O) groups excluding carboxylic acids is 2. The molecule has 1 amide bonds. The largest absolute Gasteiger partial charge is 0.462 e. The highest BCUT2D eigenvalue weighted by Gasteiger charge is 2.27. The van der Waals surface area contributed by atoms with Crippen LogP contribution in [-0.4, -0.2) is 49.6 Å². The van der Waals surface area contributed by atoms with E-state index in [1.54, 1.807) is 31.2 Å². The van der Waals surface area contributed by atoms with E-state index in [9.17, 15) is 22.8 Å². The molecule has 28 heavy (non-hydrogen) atoms.